The van der Waals surface area contributed by atoms with Gasteiger partial charge in [-0.3, -0.25) is 13.9 Å². The molecule has 2 heterocycles. The number of likely N-dealkylation sites (tertiary alicyclic amines) is 1. The number of sulfonamides is 1. The summed E-state index contributed by atoms with van der Waals surface area (Å²) in [6, 6.07) is 15.5. The van der Waals surface area contributed by atoms with Crippen molar-refractivity contribution in [1.29, 1.82) is 0 Å². The molecule has 1 aliphatic carbocycles. The van der Waals surface area contributed by atoms with Crippen LogP contribution in [0.2, 0.25) is 0 Å². The first-order valence-corrected chi connectivity index (χ1v) is 15.7. The van der Waals surface area contributed by atoms with Crippen LogP contribution in [-0.4, -0.2) is 62.6 Å². The molecule has 2 amide bonds. The van der Waals surface area contributed by atoms with Gasteiger partial charge in [-0.1, -0.05) is 42.5 Å². The predicted octanol–water partition coefficient (Wildman–Crippen LogP) is 2.74. The quantitative estimate of drug-likeness (QED) is 0.572. The second-order valence-corrected chi connectivity index (χ2v) is 14.2. The van der Waals surface area contributed by atoms with E-state index in [1.807, 2.05) is 29.2 Å². The van der Waals surface area contributed by atoms with Crippen molar-refractivity contribution in [2.75, 3.05) is 30.2 Å². The minimum Gasteiger partial charge on any atom is -0.343 e. The largest absolute Gasteiger partial charge is 0.343 e. The molecular formula is C30H40N4O4S. The smallest absolute Gasteiger partial charge is 0.245 e. The van der Waals surface area contributed by atoms with E-state index >= 15 is 0 Å². The van der Waals surface area contributed by atoms with Crippen LogP contribution in [0.15, 0.2) is 48.5 Å². The number of carbonyl (C=O) groups is 2. The number of nitrogens with zero attached hydrogens (tertiary/aromatic N) is 2. The summed E-state index contributed by atoms with van der Waals surface area (Å²) in [5.41, 5.74) is 9.14. The Bertz CT molecular complexity index is 1360. The lowest BCUT2D eigenvalue weighted by molar-refractivity contribution is -0.139. The zero-order chi connectivity index (χ0) is 28.0. The fourth-order valence-corrected chi connectivity index (χ4v) is 7.56. The maximum atomic E-state index is 13.9. The lowest BCUT2D eigenvalue weighted by Crippen LogP contribution is -2.58. The molecule has 5 rings (SSSR count). The first-order valence-electron chi connectivity index (χ1n) is 13.9. The standard InChI is InChI=1S/C30H40N4O4S/c1-29(2,31)28(36)32-25(19-21-12-13-22-8-4-5-9-23(22)18-21)27(35)33-16-14-30(15-17-33)20-34(39(3,37)38)26-11-7-6-10-24(26)30/h4-11,21,25H,12-20,31H2,1-3H3,(H,32,36). The number of benzene rings is 2. The summed E-state index contributed by atoms with van der Waals surface area (Å²) in [5, 5.41) is 2.99. The number of rotatable bonds is 6. The molecule has 210 valence electrons. The van der Waals surface area contributed by atoms with Gasteiger partial charge in [-0.05, 0) is 81.0 Å². The Morgan fingerprint density at radius 1 is 1.08 bits per heavy atom. The molecule has 39 heavy (non-hydrogen) atoms. The van der Waals surface area contributed by atoms with Crippen LogP contribution in [-0.2, 0) is 37.9 Å². The van der Waals surface area contributed by atoms with Crippen LogP contribution in [0.25, 0.3) is 0 Å². The first kappa shape index (κ1) is 27.6. The molecule has 3 aliphatic rings. The zero-order valence-electron chi connectivity index (χ0n) is 23.2. The van der Waals surface area contributed by atoms with Crippen molar-refractivity contribution in [2.24, 2.45) is 11.7 Å². The molecule has 0 saturated carbocycles. The van der Waals surface area contributed by atoms with Crippen LogP contribution in [0.3, 0.4) is 0 Å². The van der Waals surface area contributed by atoms with Gasteiger partial charge < -0.3 is 16.0 Å². The van der Waals surface area contributed by atoms with Crippen molar-refractivity contribution >= 4 is 27.5 Å². The molecule has 0 radical (unpaired) electrons. The molecular weight excluding hydrogens is 512 g/mol. The van der Waals surface area contributed by atoms with E-state index in [1.54, 1.807) is 13.8 Å². The fourth-order valence-electron chi connectivity index (χ4n) is 6.56. The van der Waals surface area contributed by atoms with Gasteiger partial charge >= 0.3 is 0 Å². The number of hydrogen-bond acceptors (Lipinski definition) is 5. The van der Waals surface area contributed by atoms with Crippen molar-refractivity contribution in [3.63, 3.8) is 0 Å². The zero-order valence-corrected chi connectivity index (χ0v) is 24.0. The molecule has 2 aromatic carbocycles. The van der Waals surface area contributed by atoms with E-state index in [1.165, 1.54) is 21.7 Å². The number of para-hydroxylation sites is 1. The Labute approximate surface area is 232 Å². The molecule has 2 aliphatic heterocycles. The average Bonchev–Trinajstić information content (AvgIpc) is 3.22. The highest BCUT2D eigenvalue weighted by Gasteiger charge is 2.48. The lowest BCUT2D eigenvalue weighted by atomic mass is 9.74. The van der Waals surface area contributed by atoms with Crippen LogP contribution in [0, 0.1) is 5.92 Å². The summed E-state index contributed by atoms with van der Waals surface area (Å²) < 4.78 is 26.6. The molecule has 3 N–H and O–H groups in total. The maximum Gasteiger partial charge on any atom is 0.245 e. The Morgan fingerprint density at radius 3 is 2.38 bits per heavy atom. The number of amides is 2. The van der Waals surface area contributed by atoms with Crippen LogP contribution in [0.1, 0.15) is 56.2 Å². The summed E-state index contributed by atoms with van der Waals surface area (Å²) in [5.74, 6) is -0.122. The second kappa shape index (κ2) is 10.2. The SMILES string of the molecule is CC(C)(N)C(=O)NC(CC1CCc2ccccc2C1)C(=O)N1CCC2(CC1)CN(S(C)(=O)=O)c1ccccc12. The molecule has 0 aromatic heterocycles. The van der Waals surface area contributed by atoms with Gasteiger partial charge in [0.1, 0.15) is 6.04 Å². The fraction of sp³-hybridized carbons (Fsp3) is 0.533. The van der Waals surface area contributed by atoms with E-state index in [9.17, 15) is 18.0 Å². The van der Waals surface area contributed by atoms with Crippen molar-refractivity contribution < 1.29 is 18.0 Å². The Kier molecular flexibility index (Phi) is 7.26. The van der Waals surface area contributed by atoms with Gasteiger partial charge in [-0.2, -0.15) is 0 Å². The third kappa shape index (κ3) is 5.57. The summed E-state index contributed by atoms with van der Waals surface area (Å²) in [6.07, 6.45) is 6.00. The summed E-state index contributed by atoms with van der Waals surface area (Å²) >= 11 is 0. The lowest BCUT2D eigenvalue weighted by Gasteiger charge is -2.41. The average molecular weight is 553 g/mol. The van der Waals surface area contributed by atoms with Crippen molar-refractivity contribution in [2.45, 2.75) is 69.4 Å². The van der Waals surface area contributed by atoms with E-state index in [2.05, 4.69) is 29.6 Å². The normalized spacial score (nSPS) is 21.3. The predicted molar refractivity (Wildman–Crippen MR) is 153 cm³/mol. The van der Waals surface area contributed by atoms with E-state index < -0.39 is 21.6 Å². The molecule has 9 heteroatoms. The molecule has 1 saturated heterocycles. The Morgan fingerprint density at radius 2 is 1.72 bits per heavy atom. The Hall–Kier alpha value is -2.91. The number of nitrogens with one attached hydrogen (secondary N) is 1. The Balaban J connectivity index is 1.32. The summed E-state index contributed by atoms with van der Waals surface area (Å²) in [4.78, 5) is 28.7. The highest BCUT2D eigenvalue weighted by atomic mass is 32.2. The van der Waals surface area contributed by atoms with Gasteiger partial charge in [-0.15, -0.1) is 0 Å². The molecule has 1 spiro atoms. The van der Waals surface area contributed by atoms with E-state index in [0.717, 1.165) is 30.5 Å². The summed E-state index contributed by atoms with van der Waals surface area (Å²) in [7, 11) is -3.41. The number of carbonyl (C=O) groups excluding carboxylic acids is 2. The summed E-state index contributed by atoms with van der Waals surface area (Å²) in [6.45, 7) is 4.72. The third-order valence-electron chi connectivity index (χ3n) is 8.83. The monoisotopic (exact) mass is 552 g/mol. The molecule has 2 unspecified atom stereocenters. The number of aryl methyl sites for hydroxylation is 1. The van der Waals surface area contributed by atoms with Crippen LogP contribution < -0.4 is 15.4 Å². The van der Waals surface area contributed by atoms with Crippen LogP contribution in [0.4, 0.5) is 5.69 Å². The van der Waals surface area contributed by atoms with Crippen LogP contribution in [0.5, 0.6) is 0 Å². The van der Waals surface area contributed by atoms with E-state index in [4.69, 9.17) is 5.73 Å². The van der Waals surface area contributed by atoms with Crippen molar-refractivity contribution in [1.82, 2.24) is 10.2 Å². The van der Waals surface area contributed by atoms with Gasteiger partial charge in [-0.25, -0.2) is 8.42 Å². The van der Waals surface area contributed by atoms with Gasteiger partial charge in [0.15, 0.2) is 0 Å². The third-order valence-corrected chi connectivity index (χ3v) is 9.96. The number of fused-ring (bicyclic) bond motifs is 3. The molecule has 1 fully saturated rings. The van der Waals surface area contributed by atoms with Gasteiger partial charge in [0.2, 0.25) is 21.8 Å². The van der Waals surface area contributed by atoms with Crippen molar-refractivity contribution in [3.05, 3.63) is 65.2 Å². The first-order chi connectivity index (χ1) is 18.4. The molecule has 2 atom stereocenters. The molecule has 0 bridgehead atoms. The van der Waals surface area contributed by atoms with Crippen molar-refractivity contribution in [3.8, 4) is 0 Å². The van der Waals surface area contributed by atoms with Gasteiger partial charge in [0.05, 0.1) is 17.5 Å². The number of anilines is 1. The van der Waals surface area contributed by atoms with E-state index in [0.29, 0.717) is 38.9 Å². The molecule has 2 aromatic rings. The highest BCUT2D eigenvalue weighted by molar-refractivity contribution is 7.92. The minimum absolute atomic E-state index is 0.0763. The van der Waals surface area contributed by atoms with Gasteiger partial charge in [0, 0.05) is 25.0 Å². The highest BCUT2D eigenvalue weighted by Crippen LogP contribution is 2.47. The number of piperidine rings is 1. The molecule has 8 nitrogen and oxygen atoms in total. The van der Waals surface area contributed by atoms with Crippen LogP contribution >= 0.6 is 0 Å². The van der Waals surface area contributed by atoms with E-state index in [-0.39, 0.29) is 23.1 Å². The number of nitrogens with two attached hydrogens (primary N) is 1. The number of hydrogen-bond donors (Lipinski definition) is 2. The maximum absolute atomic E-state index is 13.9. The van der Waals surface area contributed by atoms with Gasteiger partial charge in [0.25, 0.3) is 0 Å². The second-order valence-electron chi connectivity index (χ2n) is 12.3. The topological polar surface area (TPSA) is 113 Å². The minimum atomic E-state index is -3.41.